The highest BCUT2D eigenvalue weighted by Gasteiger charge is 2.17. The minimum atomic E-state index is -0.587. The third kappa shape index (κ3) is 4.69. The maximum absolute atomic E-state index is 13.5. The van der Waals surface area contributed by atoms with Crippen LogP contribution < -0.4 is 16.6 Å². The van der Waals surface area contributed by atoms with Gasteiger partial charge in [-0.3, -0.25) is 14.2 Å². The summed E-state index contributed by atoms with van der Waals surface area (Å²) in [5.74, 6) is -0.438. The molecule has 0 fully saturated rings. The number of benzene rings is 3. The number of nitrogens with one attached hydrogen (secondary N) is 1. The molecule has 0 saturated carbocycles. The number of carbonyl (C=O) groups excluding carboxylic acids is 1. The highest BCUT2D eigenvalue weighted by molar-refractivity contribution is 5.82. The molecule has 0 aliphatic carbocycles. The Labute approximate surface area is 196 Å². The molecule has 3 aromatic carbocycles. The number of amides is 1. The zero-order valence-corrected chi connectivity index (χ0v) is 19.3. The van der Waals surface area contributed by atoms with Crippen LogP contribution >= 0.6 is 0 Å². The van der Waals surface area contributed by atoms with Crippen LogP contribution in [-0.2, 0) is 17.9 Å². The van der Waals surface area contributed by atoms with Crippen molar-refractivity contribution in [1.29, 1.82) is 0 Å². The summed E-state index contributed by atoms with van der Waals surface area (Å²) in [7, 11) is 0. The lowest BCUT2D eigenvalue weighted by molar-refractivity contribution is -0.121. The number of aromatic nitrogens is 2. The quantitative estimate of drug-likeness (QED) is 0.473. The second kappa shape index (κ2) is 9.47. The average Bonchev–Trinajstić information content (AvgIpc) is 2.82. The van der Waals surface area contributed by atoms with Crippen LogP contribution in [0.2, 0.25) is 0 Å². The van der Waals surface area contributed by atoms with E-state index in [1.54, 1.807) is 42.5 Å². The molecule has 0 spiro atoms. The van der Waals surface area contributed by atoms with E-state index in [0.29, 0.717) is 22.5 Å². The van der Waals surface area contributed by atoms with Crippen LogP contribution in [0.25, 0.3) is 16.6 Å². The summed E-state index contributed by atoms with van der Waals surface area (Å²) in [6.45, 7) is 5.94. The molecule has 0 saturated heterocycles. The van der Waals surface area contributed by atoms with Gasteiger partial charge in [-0.1, -0.05) is 49.7 Å². The van der Waals surface area contributed by atoms with Gasteiger partial charge < -0.3 is 5.32 Å². The van der Waals surface area contributed by atoms with Crippen molar-refractivity contribution in [3.05, 3.63) is 110 Å². The van der Waals surface area contributed by atoms with Crippen LogP contribution in [0, 0.1) is 12.7 Å². The molecule has 6 nitrogen and oxygen atoms in total. The Bertz CT molecular complexity index is 1470. The normalized spacial score (nSPS) is 11.2. The molecule has 0 bridgehead atoms. The van der Waals surface area contributed by atoms with Gasteiger partial charge in [0.1, 0.15) is 12.4 Å². The Morgan fingerprint density at radius 1 is 0.971 bits per heavy atom. The molecule has 7 heteroatoms. The number of fused-ring (bicyclic) bond motifs is 1. The van der Waals surface area contributed by atoms with Crippen molar-refractivity contribution >= 4 is 16.8 Å². The van der Waals surface area contributed by atoms with Gasteiger partial charge >= 0.3 is 5.69 Å². The molecule has 1 heterocycles. The van der Waals surface area contributed by atoms with Crippen molar-refractivity contribution in [2.24, 2.45) is 0 Å². The van der Waals surface area contributed by atoms with Gasteiger partial charge in [0.2, 0.25) is 5.91 Å². The molecule has 174 valence electrons. The predicted molar refractivity (Wildman–Crippen MR) is 131 cm³/mol. The number of halogens is 1. The Morgan fingerprint density at radius 2 is 1.65 bits per heavy atom. The van der Waals surface area contributed by atoms with Gasteiger partial charge in [-0.25, -0.2) is 13.8 Å². The van der Waals surface area contributed by atoms with E-state index >= 15 is 0 Å². The van der Waals surface area contributed by atoms with Crippen LogP contribution in [0.15, 0.2) is 76.3 Å². The summed E-state index contributed by atoms with van der Waals surface area (Å²) in [5.41, 5.74) is 2.53. The molecule has 4 rings (SSSR count). The molecular formula is C27H26FN3O3. The first-order chi connectivity index (χ1) is 16.2. The van der Waals surface area contributed by atoms with Crippen LogP contribution in [0.3, 0.4) is 0 Å². The fourth-order valence-corrected chi connectivity index (χ4v) is 3.88. The first-order valence-corrected chi connectivity index (χ1v) is 11.1. The van der Waals surface area contributed by atoms with E-state index in [9.17, 15) is 18.8 Å². The maximum Gasteiger partial charge on any atom is 0.336 e. The molecule has 34 heavy (non-hydrogen) atoms. The van der Waals surface area contributed by atoms with Crippen molar-refractivity contribution in [3.63, 3.8) is 0 Å². The van der Waals surface area contributed by atoms with Gasteiger partial charge in [-0.2, -0.15) is 0 Å². The second-order valence-electron chi connectivity index (χ2n) is 8.68. The zero-order valence-electron chi connectivity index (χ0n) is 19.3. The SMILES string of the molecule is Cc1ccc2c(c1)c(=O)n(-c1ccc(C(C)C)cc1)c(=O)n2CC(=O)NCc1ccc(F)cc1. The van der Waals surface area contributed by atoms with E-state index in [-0.39, 0.29) is 18.9 Å². The van der Waals surface area contributed by atoms with E-state index in [4.69, 9.17) is 0 Å². The smallest absolute Gasteiger partial charge is 0.336 e. The second-order valence-corrected chi connectivity index (χ2v) is 8.68. The Kier molecular flexibility index (Phi) is 6.45. The minimum absolute atomic E-state index is 0.196. The number of aryl methyl sites for hydroxylation is 1. The van der Waals surface area contributed by atoms with Crippen LogP contribution in [0.5, 0.6) is 0 Å². The summed E-state index contributed by atoms with van der Waals surface area (Å²) in [4.78, 5) is 39.5. The number of hydrogen-bond acceptors (Lipinski definition) is 3. The molecule has 0 aliphatic rings. The third-order valence-electron chi connectivity index (χ3n) is 5.82. The molecular weight excluding hydrogens is 433 g/mol. The standard InChI is InChI=1S/C27H26FN3O3/c1-17(2)20-7-11-22(12-8-20)31-26(33)23-14-18(3)4-13-24(23)30(27(31)34)16-25(32)29-15-19-5-9-21(28)10-6-19/h4-14,17H,15-16H2,1-3H3,(H,29,32). The van der Waals surface area contributed by atoms with Crippen molar-refractivity contribution < 1.29 is 9.18 Å². The fourth-order valence-electron chi connectivity index (χ4n) is 3.88. The Morgan fingerprint density at radius 3 is 2.29 bits per heavy atom. The molecule has 0 atom stereocenters. The van der Waals surface area contributed by atoms with Crippen molar-refractivity contribution in [1.82, 2.24) is 14.5 Å². The highest BCUT2D eigenvalue weighted by Crippen LogP contribution is 2.17. The van der Waals surface area contributed by atoms with E-state index in [1.807, 2.05) is 19.1 Å². The molecule has 1 aromatic heterocycles. The molecule has 0 aliphatic heterocycles. The number of nitrogens with zero attached hydrogens (tertiary/aromatic N) is 2. The molecule has 1 N–H and O–H groups in total. The van der Waals surface area contributed by atoms with Crippen LogP contribution in [0.1, 0.15) is 36.5 Å². The van der Waals surface area contributed by atoms with Gasteiger partial charge in [0.15, 0.2) is 0 Å². The van der Waals surface area contributed by atoms with Crippen molar-refractivity contribution in [2.45, 2.75) is 39.8 Å². The molecule has 0 radical (unpaired) electrons. The van der Waals surface area contributed by atoms with Gasteiger partial charge in [0, 0.05) is 6.54 Å². The third-order valence-corrected chi connectivity index (χ3v) is 5.82. The summed E-state index contributed by atoms with van der Waals surface area (Å²) in [6.07, 6.45) is 0. The number of rotatable bonds is 6. The maximum atomic E-state index is 13.5. The summed E-state index contributed by atoms with van der Waals surface area (Å²) >= 11 is 0. The lowest BCUT2D eigenvalue weighted by atomic mass is 10.0. The molecule has 4 aromatic rings. The number of hydrogen-bond donors (Lipinski definition) is 1. The first-order valence-electron chi connectivity index (χ1n) is 11.1. The average molecular weight is 460 g/mol. The monoisotopic (exact) mass is 459 g/mol. The zero-order chi connectivity index (χ0) is 24.4. The predicted octanol–water partition coefficient (Wildman–Crippen LogP) is 4.04. The van der Waals surface area contributed by atoms with E-state index in [2.05, 4.69) is 19.2 Å². The summed E-state index contributed by atoms with van der Waals surface area (Å²) < 4.78 is 15.5. The Hall–Kier alpha value is -4.00. The summed E-state index contributed by atoms with van der Waals surface area (Å²) in [5, 5.41) is 3.12. The van der Waals surface area contributed by atoms with Crippen molar-refractivity contribution in [3.8, 4) is 5.69 Å². The van der Waals surface area contributed by atoms with Crippen LogP contribution in [0.4, 0.5) is 4.39 Å². The topological polar surface area (TPSA) is 73.1 Å². The van der Waals surface area contributed by atoms with Gasteiger partial charge in [0.25, 0.3) is 5.56 Å². The first kappa shape index (κ1) is 23.2. The van der Waals surface area contributed by atoms with Gasteiger partial charge in [-0.05, 0) is 60.4 Å². The van der Waals surface area contributed by atoms with E-state index in [0.717, 1.165) is 21.3 Å². The summed E-state index contributed by atoms with van der Waals surface area (Å²) in [6, 6.07) is 18.3. The molecule has 1 amide bonds. The largest absolute Gasteiger partial charge is 0.350 e. The minimum Gasteiger partial charge on any atom is -0.350 e. The Balaban J connectivity index is 1.74. The highest BCUT2D eigenvalue weighted by atomic mass is 19.1. The van der Waals surface area contributed by atoms with E-state index in [1.165, 1.54) is 16.7 Å². The van der Waals surface area contributed by atoms with Gasteiger partial charge in [0.05, 0.1) is 16.6 Å². The molecule has 0 unspecified atom stereocenters. The van der Waals surface area contributed by atoms with E-state index < -0.39 is 17.2 Å². The lowest BCUT2D eigenvalue weighted by Gasteiger charge is -2.15. The fraction of sp³-hybridized carbons (Fsp3) is 0.222. The lowest BCUT2D eigenvalue weighted by Crippen LogP contribution is -2.41. The van der Waals surface area contributed by atoms with Crippen LogP contribution in [-0.4, -0.2) is 15.0 Å². The number of carbonyl (C=O) groups is 1. The van der Waals surface area contributed by atoms with Gasteiger partial charge in [-0.15, -0.1) is 0 Å². The van der Waals surface area contributed by atoms with Crippen molar-refractivity contribution in [2.75, 3.05) is 0 Å².